The second-order valence-electron chi connectivity index (χ2n) is 9.71. The third-order valence-corrected chi connectivity index (χ3v) is 7.50. The summed E-state index contributed by atoms with van der Waals surface area (Å²) in [5.41, 5.74) is 2.34. The van der Waals surface area contributed by atoms with Gasteiger partial charge in [-0.2, -0.15) is 0 Å². The van der Waals surface area contributed by atoms with Gasteiger partial charge in [0, 0.05) is 31.0 Å². The molecular weight excluding hydrogens is 457 g/mol. The molecule has 3 aromatic rings. The lowest BCUT2D eigenvalue weighted by molar-refractivity contribution is 0.0691. The van der Waals surface area contributed by atoms with Gasteiger partial charge in [-0.25, -0.2) is 19.2 Å². The number of carbonyl (C=O) groups is 1. The minimum atomic E-state index is -1.13. The number of carboxylic acid groups (broad SMARTS) is 1. The predicted octanol–water partition coefficient (Wildman–Crippen LogP) is 5.61. The number of imidazole rings is 1. The first kappa shape index (κ1) is 23.0. The van der Waals surface area contributed by atoms with Gasteiger partial charge in [0.15, 0.2) is 5.69 Å². The molecule has 7 nitrogen and oxygen atoms in total. The van der Waals surface area contributed by atoms with Crippen molar-refractivity contribution < 1.29 is 14.3 Å². The average molecular weight is 486 g/mol. The summed E-state index contributed by atoms with van der Waals surface area (Å²) >= 11 is 6.23. The van der Waals surface area contributed by atoms with Gasteiger partial charge in [-0.15, -0.1) is 0 Å². The average Bonchev–Trinajstić information content (AvgIpc) is 3.44. The maximum atomic E-state index is 13.9. The molecule has 0 amide bonds. The summed E-state index contributed by atoms with van der Waals surface area (Å²) in [6, 6.07) is 3.04. The van der Waals surface area contributed by atoms with Crippen LogP contribution in [0.2, 0.25) is 5.02 Å². The number of fused-ring (bicyclic) bond motifs is 1. The van der Waals surface area contributed by atoms with Crippen LogP contribution in [0.3, 0.4) is 0 Å². The molecule has 0 bridgehead atoms. The standard InChI is InChI=1S/C25H29ClFN5O2/c1-15-4-6-16(7-5-15)14-32-23-20(30-25(32)31-8-2-3-19(31)11-27)10-21(24(33)34)29-22(23)17-9-18(26)13-28-12-17/h9-10,12-13,15-16,19H,2-8,11,14H2,1H3,(H,33,34)/t15?,16?,19-/m0/s1. The summed E-state index contributed by atoms with van der Waals surface area (Å²) in [7, 11) is 0. The summed E-state index contributed by atoms with van der Waals surface area (Å²) in [5.74, 6) is 0.786. The van der Waals surface area contributed by atoms with Gasteiger partial charge in [0.2, 0.25) is 5.95 Å². The van der Waals surface area contributed by atoms with E-state index in [0.29, 0.717) is 33.7 Å². The molecule has 0 spiro atoms. The van der Waals surface area contributed by atoms with Gasteiger partial charge in [-0.1, -0.05) is 31.4 Å². The van der Waals surface area contributed by atoms with Crippen molar-refractivity contribution in [2.45, 2.75) is 58.0 Å². The number of nitrogens with zero attached hydrogens (tertiary/aromatic N) is 5. The first-order valence-electron chi connectivity index (χ1n) is 12.0. The molecule has 1 N–H and O–H groups in total. The van der Waals surface area contributed by atoms with E-state index >= 15 is 0 Å². The van der Waals surface area contributed by atoms with Crippen LogP contribution in [0.15, 0.2) is 24.5 Å². The third-order valence-electron chi connectivity index (χ3n) is 7.29. The molecule has 1 aliphatic carbocycles. The fourth-order valence-corrected chi connectivity index (χ4v) is 5.59. The molecule has 0 radical (unpaired) electrons. The highest BCUT2D eigenvalue weighted by Gasteiger charge is 2.32. The molecule has 0 aromatic carbocycles. The van der Waals surface area contributed by atoms with Gasteiger partial charge in [-0.3, -0.25) is 4.98 Å². The number of rotatable bonds is 6. The minimum Gasteiger partial charge on any atom is -0.477 e. The Bertz CT molecular complexity index is 1210. The zero-order chi connectivity index (χ0) is 23.8. The van der Waals surface area contributed by atoms with Crippen LogP contribution < -0.4 is 4.90 Å². The van der Waals surface area contributed by atoms with Crippen LogP contribution in [0.25, 0.3) is 22.3 Å². The number of anilines is 1. The molecule has 9 heteroatoms. The van der Waals surface area contributed by atoms with Crippen LogP contribution in [0, 0.1) is 11.8 Å². The van der Waals surface area contributed by atoms with Gasteiger partial charge in [0.05, 0.1) is 27.8 Å². The van der Waals surface area contributed by atoms with Crippen molar-refractivity contribution in [3.05, 3.63) is 35.2 Å². The van der Waals surface area contributed by atoms with E-state index in [4.69, 9.17) is 16.6 Å². The van der Waals surface area contributed by atoms with Gasteiger partial charge in [0.1, 0.15) is 6.67 Å². The number of hydrogen-bond donors (Lipinski definition) is 1. The van der Waals surface area contributed by atoms with E-state index in [1.807, 2.05) is 4.90 Å². The summed E-state index contributed by atoms with van der Waals surface area (Å²) < 4.78 is 16.0. The summed E-state index contributed by atoms with van der Waals surface area (Å²) in [4.78, 5) is 27.5. The van der Waals surface area contributed by atoms with E-state index in [-0.39, 0.29) is 11.7 Å². The largest absolute Gasteiger partial charge is 0.477 e. The molecule has 1 saturated heterocycles. The smallest absolute Gasteiger partial charge is 0.354 e. The van der Waals surface area contributed by atoms with Crippen molar-refractivity contribution in [2.24, 2.45) is 11.8 Å². The SMILES string of the molecule is CC1CCC(Cn2c(N3CCC[C@H]3CF)nc3cc(C(=O)O)nc(-c4cncc(Cl)c4)c32)CC1. The number of pyridine rings is 2. The normalized spacial score (nSPS) is 23.0. The van der Waals surface area contributed by atoms with E-state index in [0.717, 1.165) is 50.2 Å². The van der Waals surface area contributed by atoms with Crippen LogP contribution in [-0.4, -0.2) is 49.9 Å². The van der Waals surface area contributed by atoms with Crippen molar-refractivity contribution >= 4 is 34.6 Å². The van der Waals surface area contributed by atoms with E-state index in [1.54, 1.807) is 12.3 Å². The lowest BCUT2D eigenvalue weighted by Gasteiger charge is -2.29. The number of halogens is 2. The van der Waals surface area contributed by atoms with Crippen LogP contribution in [-0.2, 0) is 6.54 Å². The van der Waals surface area contributed by atoms with Gasteiger partial charge >= 0.3 is 5.97 Å². The molecule has 0 unspecified atom stereocenters. The first-order chi connectivity index (χ1) is 16.4. The Kier molecular flexibility index (Phi) is 6.42. The van der Waals surface area contributed by atoms with Crippen LogP contribution in [0.4, 0.5) is 10.3 Å². The first-order valence-corrected chi connectivity index (χ1v) is 12.4. The summed E-state index contributed by atoms with van der Waals surface area (Å²) in [6.07, 6.45) is 9.49. The van der Waals surface area contributed by atoms with E-state index in [2.05, 4.69) is 21.5 Å². The second kappa shape index (κ2) is 9.49. The van der Waals surface area contributed by atoms with Crippen LogP contribution in [0.1, 0.15) is 55.9 Å². The molecule has 2 fully saturated rings. The molecule has 1 aliphatic heterocycles. The number of alkyl halides is 1. The lowest BCUT2D eigenvalue weighted by atomic mass is 9.83. The number of hydrogen-bond acceptors (Lipinski definition) is 5. The molecule has 4 heterocycles. The van der Waals surface area contributed by atoms with Crippen LogP contribution >= 0.6 is 11.6 Å². The van der Waals surface area contributed by atoms with Gasteiger partial charge in [-0.05, 0) is 49.7 Å². The van der Waals surface area contributed by atoms with Gasteiger partial charge in [0.25, 0.3) is 0 Å². The summed E-state index contributed by atoms with van der Waals surface area (Å²) in [5, 5.41) is 10.2. The van der Waals surface area contributed by atoms with Crippen molar-refractivity contribution in [3.63, 3.8) is 0 Å². The summed E-state index contributed by atoms with van der Waals surface area (Å²) in [6.45, 7) is 3.33. The van der Waals surface area contributed by atoms with Gasteiger partial charge < -0.3 is 14.6 Å². The lowest BCUT2D eigenvalue weighted by Crippen LogP contribution is -2.33. The zero-order valence-corrected chi connectivity index (χ0v) is 20.0. The molecule has 1 atom stereocenters. The molecule has 2 aliphatic rings. The van der Waals surface area contributed by atoms with Crippen molar-refractivity contribution in [3.8, 4) is 11.3 Å². The number of aromatic carboxylic acids is 1. The number of aromatic nitrogens is 4. The highest BCUT2D eigenvalue weighted by molar-refractivity contribution is 6.30. The molecule has 5 rings (SSSR count). The Hall–Kier alpha value is -2.74. The molecule has 34 heavy (non-hydrogen) atoms. The highest BCUT2D eigenvalue weighted by atomic mass is 35.5. The molecular formula is C25H29ClFN5O2. The van der Waals surface area contributed by atoms with Crippen molar-refractivity contribution in [2.75, 3.05) is 18.1 Å². The minimum absolute atomic E-state index is 0.0892. The second-order valence-corrected chi connectivity index (χ2v) is 10.1. The maximum absolute atomic E-state index is 13.9. The maximum Gasteiger partial charge on any atom is 0.354 e. The Morgan fingerprint density at radius 1 is 1.18 bits per heavy atom. The van der Waals surface area contributed by atoms with E-state index < -0.39 is 12.6 Å². The molecule has 180 valence electrons. The van der Waals surface area contributed by atoms with Crippen LogP contribution in [0.5, 0.6) is 0 Å². The third kappa shape index (κ3) is 4.35. The molecule has 3 aromatic heterocycles. The van der Waals surface area contributed by atoms with E-state index in [9.17, 15) is 14.3 Å². The highest BCUT2D eigenvalue weighted by Crippen LogP contribution is 2.37. The predicted molar refractivity (Wildman–Crippen MR) is 130 cm³/mol. The Morgan fingerprint density at radius 3 is 2.68 bits per heavy atom. The fraction of sp³-hybridized carbons (Fsp3) is 0.520. The van der Waals surface area contributed by atoms with E-state index in [1.165, 1.54) is 25.1 Å². The topological polar surface area (TPSA) is 84.1 Å². The van der Waals surface area contributed by atoms with Crippen molar-refractivity contribution in [1.82, 2.24) is 19.5 Å². The Labute approximate surface area is 203 Å². The Morgan fingerprint density at radius 2 is 1.97 bits per heavy atom. The fourth-order valence-electron chi connectivity index (χ4n) is 5.42. The zero-order valence-electron chi connectivity index (χ0n) is 19.3. The number of carboxylic acids is 1. The Balaban J connectivity index is 1.72. The monoisotopic (exact) mass is 485 g/mol. The quantitative estimate of drug-likeness (QED) is 0.488. The van der Waals surface area contributed by atoms with Crippen molar-refractivity contribution in [1.29, 1.82) is 0 Å². The molecule has 1 saturated carbocycles.